The van der Waals surface area contributed by atoms with E-state index in [2.05, 4.69) is 59.8 Å². The summed E-state index contributed by atoms with van der Waals surface area (Å²) >= 11 is 12.5. The number of hydrogen-bond acceptors (Lipinski definition) is 2. The Morgan fingerprint density at radius 3 is 2.52 bits per heavy atom. The first-order chi connectivity index (χ1) is 14.0. The quantitative estimate of drug-likeness (QED) is 0.389. The van der Waals surface area contributed by atoms with Crippen LogP contribution in [0, 0.1) is 6.92 Å². The second-order valence-electron chi connectivity index (χ2n) is 7.46. The van der Waals surface area contributed by atoms with Crippen molar-refractivity contribution in [3.63, 3.8) is 0 Å². The van der Waals surface area contributed by atoms with Crippen molar-refractivity contribution < 1.29 is 0 Å². The Morgan fingerprint density at radius 1 is 1.03 bits per heavy atom. The molecule has 1 N–H and O–H groups in total. The number of nitrogens with zero attached hydrogens (tertiary/aromatic N) is 2. The summed E-state index contributed by atoms with van der Waals surface area (Å²) in [5, 5.41) is 6.34. The number of benzene rings is 2. The molecule has 0 bridgehead atoms. The minimum atomic E-state index is 0.669. The van der Waals surface area contributed by atoms with Crippen LogP contribution in [-0.4, -0.2) is 35.6 Å². The van der Waals surface area contributed by atoms with E-state index in [1.165, 1.54) is 28.6 Å². The largest absolute Gasteiger partial charge is 0.340 e. The lowest BCUT2D eigenvalue weighted by Gasteiger charge is -2.17. The Kier molecular flexibility index (Phi) is 8.02. The molecule has 0 atom stereocenters. The van der Waals surface area contributed by atoms with Crippen LogP contribution in [-0.2, 0) is 13.1 Å². The maximum absolute atomic E-state index is 6.44. The number of rotatable bonds is 10. The van der Waals surface area contributed by atoms with Gasteiger partial charge >= 0.3 is 0 Å². The molecule has 29 heavy (non-hydrogen) atoms. The van der Waals surface area contributed by atoms with Crippen LogP contribution in [0.4, 0.5) is 0 Å². The molecule has 3 nitrogen and oxygen atoms in total. The maximum atomic E-state index is 6.44. The summed E-state index contributed by atoms with van der Waals surface area (Å²) < 4.78 is 2.36. The smallest absolute Gasteiger partial charge is 0.0493 e. The summed E-state index contributed by atoms with van der Waals surface area (Å²) in [6, 6.07) is 14.4. The van der Waals surface area contributed by atoms with Gasteiger partial charge < -0.3 is 14.8 Å². The Hall–Kier alpha value is -1.52. The first-order valence-corrected chi connectivity index (χ1v) is 11.2. The summed E-state index contributed by atoms with van der Waals surface area (Å²) in [4.78, 5) is 2.47. The average molecular weight is 432 g/mol. The van der Waals surface area contributed by atoms with Gasteiger partial charge in [0.25, 0.3) is 0 Å². The van der Waals surface area contributed by atoms with Crippen molar-refractivity contribution in [3.05, 3.63) is 69.3 Å². The third-order valence-electron chi connectivity index (χ3n) is 5.73. The number of hydrogen-bond donors (Lipinski definition) is 1. The molecular formula is C24H31Cl2N3. The van der Waals surface area contributed by atoms with Gasteiger partial charge in [-0.15, -0.1) is 0 Å². The minimum absolute atomic E-state index is 0.669. The van der Waals surface area contributed by atoms with Gasteiger partial charge in [-0.25, -0.2) is 0 Å². The van der Waals surface area contributed by atoms with Crippen molar-refractivity contribution in [1.82, 2.24) is 14.8 Å². The summed E-state index contributed by atoms with van der Waals surface area (Å²) in [5.74, 6) is 0. The topological polar surface area (TPSA) is 20.2 Å². The van der Waals surface area contributed by atoms with Gasteiger partial charge in [-0.05, 0) is 68.8 Å². The van der Waals surface area contributed by atoms with Gasteiger partial charge in [-0.3, -0.25) is 0 Å². The molecule has 5 heteroatoms. The van der Waals surface area contributed by atoms with Gasteiger partial charge in [0.05, 0.1) is 0 Å². The number of para-hydroxylation sites is 1. The van der Waals surface area contributed by atoms with Crippen molar-refractivity contribution >= 4 is 34.1 Å². The van der Waals surface area contributed by atoms with Gasteiger partial charge in [0, 0.05) is 39.7 Å². The van der Waals surface area contributed by atoms with E-state index in [1.54, 1.807) is 0 Å². The third-order valence-corrected chi connectivity index (χ3v) is 6.32. The third kappa shape index (κ3) is 5.35. The molecule has 0 saturated heterocycles. The fraction of sp³-hybridized carbons (Fsp3) is 0.417. The van der Waals surface area contributed by atoms with Crippen molar-refractivity contribution in [2.75, 3.05) is 26.2 Å². The molecule has 0 aliphatic heterocycles. The van der Waals surface area contributed by atoms with Crippen LogP contribution in [0.1, 0.15) is 37.1 Å². The van der Waals surface area contributed by atoms with Crippen LogP contribution in [0.5, 0.6) is 0 Å². The highest BCUT2D eigenvalue weighted by atomic mass is 35.5. The molecule has 0 amide bonds. The van der Waals surface area contributed by atoms with Gasteiger partial charge in [-0.2, -0.15) is 0 Å². The van der Waals surface area contributed by atoms with E-state index in [4.69, 9.17) is 23.2 Å². The SMILES string of the molecule is CCN(CC)CCCNCc1c(C)n(Cc2ccc(Cl)cc2Cl)c2ccccc12. The zero-order chi connectivity index (χ0) is 20.8. The molecule has 2 aromatic carbocycles. The molecule has 1 aromatic heterocycles. The van der Waals surface area contributed by atoms with E-state index in [-0.39, 0.29) is 0 Å². The molecule has 0 saturated carbocycles. The molecule has 0 fully saturated rings. The van der Waals surface area contributed by atoms with Crippen LogP contribution < -0.4 is 5.32 Å². The molecule has 0 aliphatic carbocycles. The highest BCUT2D eigenvalue weighted by Gasteiger charge is 2.14. The van der Waals surface area contributed by atoms with Crippen molar-refractivity contribution in [2.24, 2.45) is 0 Å². The molecular weight excluding hydrogens is 401 g/mol. The van der Waals surface area contributed by atoms with Gasteiger partial charge in [0.15, 0.2) is 0 Å². The van der Waals surface area contributed by atoms with E-state index < -0.39 is 0 Å². The molecule has 0 spiro atoms. The molecule has 0 aliphatic rings. The summed E-state index contributed by atoms with van der Waals surface area (Å²) in [7, 11) is 0. The van der Waals surface area contributed by atoms with Crippen LogP contribution in [0.2, 0.25) is 10.0 Å². The van der Waals surface area contributed by atoms with E-state index in [0.717, 1.165) is 44.8 Å². The molecule has 0 unspecified atom stereocenters. The number of fused-ring (bicyclic) bond motifs is 1. The van der Waals surface area contributed by atoms with Crippen molar-refractivity contribution in [3.8, 4) is 0 Å². The van der Waals surface area contributed by atoms with Gasteiger partial charge in [-0.1, -0.05) is 61.3 Å². The predicted molar refractivity (Wildman–Crippen MR) is 126 cm³/mol. The minimum Gasteiger partial charge on any atom is -0.340 e. The van der Waals surface area contributed by atoms with E-state index in [0.29, 0.717) is 10.0 Å². The Labute approximate surface area is 184 Å². The normalized spacial score (nSPS) is 11.7. The van der Waals surface area contributed by atoms with E-state index in [9.17, 15) is 0 Å². The number of halogens is 2. The summed E-state index contributed by atoms with van der Waals surface area (Å²) in [5.41, 5.74) is 4.98. The molecule has 3 rings (SSSR count). The molecule has 156 valence electrons. The first kappa shape index (κ1) is 22.2. The van der Waals surface area contributed by atoms with Crippen LogP contribution in [0.3, 0.4) is 0 Å². The maximum Gasteiger partial charge on any atom is 0.0493 e. The van der Waals surface area contributed by atoms with Gasteiger partial charge in [0.1, 0.15) is 0 Å². The van der Waals surface area contributed by atoms with E-state index in [1.807, 2.05) is 18.2 Å². The standard InChI is InChI=1S/C24H31Cl2N3/c1-4-28(5-2)14-8-13-27-16-22-18(3)29(24-10-7-6-9-21(22)24)17-19-11-12-20(25)15-23(19)26/h6-7,9-12,15,27H,4-5,8,13-14,16-17H2,1-3H3. The lowest BCUT2D eigenvalue weighted by Crippen LogP contribution is -2.27. The van der Waals surface area contributed by atoms with Crippen LogP contribution >= 0.6 is 23.2 Å². The van der Waals surface area contributed by atoms with E-state index >= 15 is 0 Å². The predicted octanol–water partition coefficient (Wildman–Crippen LogP) is 6.13. The lowest BCUT2D eigenvalue weighted by atomic mass is 10.1. The highest BCUT2D eigenvalue weighted by molar-refractivity contribution is 6.35. The van der Waals surface area contributed by atoms with Gasteiger partial charge in [0.2, 0.25) is 0 Å². The fourth-order valence-electron chi connectivity index (χ4n) is 3.93. The van der Waals surface area contributed by atoms with Crippen molar-refractivity contribution in [1.29, 1.82) is 0 Å². The van der Waals surface area contributed by atoms with Crippen LogP contribution in [0.15, 0.2) is 42.5 Å². The Bertz CT molecular complexity index is 945. The summed E-state index contributed by atoms with van der Waals surface area (Å²) in [6.45, 7) is 12.7. The Balaban J connectivity index is 1.76. The number of nitrogens with one attached hydrogen (secondary N) is 1. The highest BCUT2D eigenvalue weighted by Crippen LogP contribution is 2.29. The molecule has 0 radical (unpaired) electrons. The average Bonchev–Trinajstić information content (AvgIpc) is 2.98. The Morgan fingerprint density at radius 2 is 1.79 bits per heavy atom. The monoisotopic (exact) mass is 431 g/mol. The first-order valence-electron chi connectivity index (χ1n) is 10.5. The zero-order valence-electron chi connectivity index (χ0n) is 17.6. The number of aromatic nitrogens is 1. The van der Waals surface area contributed by atoms with Crippen LogP contribution in [0.25, 0.3) is 10.9 Å². The second-order valence-corrected chi connectivity index (χ2v) is 8.30. The molecule has 1 heterocycles. The second kappa shape index (κ2) is 10.5. The van der Waals surface area contributed by atoms with Crippen molar-refractivity contribution in [2.45, 2.75) is 40.3 Å². The summed E-state index contributed by atoms with van der Waals surface area (Å²) in [6.07, 6.45) is 1.17. The lowest BCUT2D eigenvalue weighted by molar-refractivity contribution is 0.298. The fourth-order valence-corrected chi connectivity index (χ4v) is 4.40. The molecule has 3 aromatic rings. The zero-order valence-corrected chi connectivity index (χ0v) is 19.2.